The highest BCUT2D eigenvalue weighted by Gasteiger charge is 2.35. The minimum atomic E-state index is -4.49. The first-order valence-corrected chi connectivity index (χ1v) is 17.0. The summed E-state index contributed by atoms with van der Waals surface area (Å²) in [5, 5.41) is 14.8. The van der Waals surface area contributed by atoms with Crippen LogP contribution in [0, 0.1) is 24.0 Å². The summed E-state index contributed by atoms with van der Waals surface area (Å²) in [5.74, 6) is -0.388. The Morgan fingerprint density at radius 2 is 1.72 bits per heavy atom. The van der Waals surface area contributed by atoms with E-state index in [-0.39, 0.29) is 34.8 Å². The molecular weight excluding hydrogens is 608 g/mol. The van der Waals surface area contributed by atoms with Gasteiger partial charge in [-0.1, -0.05) is 62.1 Å². The number of carbonyl (C=O) groups is 2. The Kier molecular flexibility index (Phi) is 11.4. The number of nitrogens with one attached hydrogen (secondary N) is 1. The average molecular weight is 651 g/mol. The first-order valence-electron chi connectivity index (χ1n) is 15.5. The van der Waals surface area contributed by atoms with Gasteiger partial charge >= 0.3 is 0 Å². The molecule has 0 bridgehead atoms. The fraction of sp³-hybridized carbons (Fsp3) is 0.412. The van der Waals surface area contributed by atoms with Crippen molar-refractivity contribution < 1.29 is 27.7 Å². The van der Waals surface area contributed by atoms with Gasteiger partial charge in [0.25, 0.3) is 15.7 Å². The van der Waals surface area contributed by atoms with Gasteiger partial charge < -0.3 is 15.0 Å². The second-order valence-electron chi connectivity index (χ2n) is 11.7. The minimum absolute atomic E-state index is 0.0275. The van der Waals surface area contributed by atoms with Crippen LogP contribution >= 0.6 is 0 Å². The molecule has 0 unspecified atom stereocenters. The molecule has 0 saturated heterocycles. The van der Waals surface area contributed by atoms with E-state index in [0.717, 1.165) is 53.6 Å². The molecule has 1 aliphatic rings. The molecule has 0 aromatic heterocycles. The summed E-state index contributed by atoms with van der Waals surface area (Å²) in [6.45, 7) is 4.72. The summed E-state index contributed by atoms with van der Waals surface area (Å²) in [5.41, 5.74) is 1.88. The summed E-state index contributed by atoms with van der Waals surface area (Å²) >= 11 is 0. The van der Waals surface area contributed by atoms with E-state index >= 15 is 0 Å². The molecule has 246 valence electrons. The Labute approximate surface area is 270 Å². The highest BCUT2D eigenvalue weighted by molar-refractivity contribution is 7.92. The third-order valence-corrected chi connectivity index (χ3v) is 10.1. The summed E-state index contributed by atoms with van der Waals surface area (Å²) < 4.78 is 34.6. The van der Waals surface area contributed by atoms with Crippen molar-refractivity contribution in [2.24, 2.45) is 0 Å². The van der Waals surface area contributed by atoms with Gasteiger partial charge in [0.05, 0.1) is 22.6 Å². The van der Waals surface area contributed by atoms with Crippen LogP contribution in [-0.2, 0) is 26.2 Å². The average Bonchev–Trinajstić information content (AvgIpc) is 3.04. The maximum atomic E-state index is 14.4. The van der Waals surface area contributed by atoms with E-state index in [0.29, 0.717) is 17.7 Å². The predicted molar refractivity (Wildman–Crippen MR) is 176 cm³/mol. The maximum Gasteiger partial charge on any atom is 0.273 e. The summed E-state index contributed by atoms with van der Waals surface area (Å²) in [6, 6.07) is 16.6. The van der Waals surface area contributed by atoms with Gasteiger partial charge in [-0.15, -0.1) is 0 Å². The highest BCUT2D eigenvalue weighted by Crippen LogP contribution is 2.30. The fourth-order valence-electron chi connectivity index (χ4n) is 5.82. The number of nitro benzene ring substituents is 1. The molecule has 1 atom stereocenters. The SMILES string of the molecule is CC[C@@H](C(=O)NC1CCCCC1)N(Cc1cccc(C)c1)C(=O)CN(c1ccc(OC)cc1)S(=O)(=O)c1ccc(C)c([N+](=O)[O-])c1. The summed E-state index contributed by atoms with van der Waals surface area (Å²) in [6.07, 6.45) is 5.25. The van der Waals surface area contributed by atoms with Crippen molar-refractivity contribution in [2.45, 2.75) is 82.8 Å². The second kappa shape index (κ2) is 15.2. The normalized spacial score (nSPS) is 14.3. The summed E-state index contributed by atoms with van der Waals surface area (Å²) in [4.78, 5) is 40.2. The molecule has 46 heavy (non-hydrogen) atoms. The van der Waals surface area contributed by atoms with Crippen LogP contribution in [0.3, 0.4) is 0 Å². The zero-order valence-corrected chi connectivity index (χ0v) is 27.6. The molecule has 1 aliphatic carbocycles. The van der Waals surface area contributed by atoms with Gasteiger partial charge in [-0.2, -0.15) is 0 Å². The van der Waals surface area contributed by atoms with Crippen LogP contribution in [0.4, 0.5) is 11.4 Å². The Bertz CT molecular complexity index is 1650. The van der Waals surface area contributed by atoms with Gasteiger partial charge in [0.2, 0.25) is 11.8 Å². The number of benzene rings is 3. The number of amides is 2. The number of nitrogens with zero attached hydrogens (tertiary/aromatic N) is 3. The monoisotopic (exact) mass is 650 g/mol. The van der Waals surface area contributed by atoms with Crippen molar-refractivity contribution in [1.29, 1.82) is 0 Å². The number of hydrogen-bond donors (Lipinski definition) is 1. The molecule has 1 fully saturated rings. The van der Waals surface area contributed by atoms with Crippen molar-refractivity contribution in [1.82, 2.24) is 10.2 Å². The zero-order valence-electron chi connectivity index (χ0n) is 26.8. The van der Waals surface area contributed by atoms with Gasteiger partial charge in [-0.05, 0) is 69.0 Å². The summed E-state index contributed by atoms with van der Waals surface area (Å²) in [7, 11) is -3.01. The number of rotatable bonds is 13. The van der Waals surface area contributed by atoms with Crippen LogP contribution in [-0.4, -0.2) is 55.8 Å². The number of hydrogen-bond acceptors (Lipinski definition) is 7. The molecular formula is C34H42N4O7S. The van der Waals surface area contributed by atoms with Crippen molar-refractivity contribution in [3.05, 3.63) is 93.5 Å². The van der Waals surface area contributed by atoms with E-state index in [2.05, 4.69) is 5.32 Å². The third-order valence-electron chi connectivity index (χ3n) is 8.38. The molecule has 2 amide bonds. The lowest BCUT2D eigenvalue weighted by Crippen LogP contribution is -2.54. The van der Waals surface area contributed by atoms with Crippen LogP contribution in [0.1, 0.15) is 62.1 Å². The molecule has 0 spiro atoms. The molecule has 3 aromatic carbocycles. The molecule has 3 aromatic rings. The molecule has 11 nitrogen and oxygen atoms in total. The van der Waals surface area contributed by atoms with Crippen molar-refractivity contribution in [3.63, 3.8) is 0 Å². The van der Waals surface area contributed by atoms with Crippen LogP contribution in [0.5, 0.6) is 5.75 Å². The maximum absolute atomic E-state index is 14.4. The topological polar surface area (TPSA) is 139 Å². The third kappa shape index (κ3) is 8.22. The molecule has 0 aliphatic heterocycles. The van der Waals surface area contributed by atoms with E-state index in [9.17, 15) is 28.1 Å². The van der Waals surface area contributed by atoms with Crippen molar-refractivity contribution >= 4 is 33.2 Å². The van der Waals surface area contributed by atoms with Crippen molar-refractivity contribution in [3.8, 4) is 5.75 Å². The van der Waals surface area contributed by atoms with Crippen LogP contribution in [0.25, 0.3) is 0 Å². The van der Waals surface area contributed by atoms with Gasteiger partial charge in [0.1, 0.15) is 18.3 Å². The van der Waals surface area contributed by atoms with Crippen LogP contribution in [0.2, 0.25) is 0 Å². The molecule has 1 N–H and O–H groups in total. The van der Waals surface area contributed by atoms with Crippen LogP contribution in [0.15, 0.2) is 71.6 Å². The first-order chi connectivity index (χ1) is 21.9. The zero-order chi connectivity index (χ0) is 33.4. The number of sulfonamides is 1. The van der Waals surface area contributed by atoms with Gasteiger partial charge in [-0.25, -0.2) is 8.42 Å². The van der Waals surface area contributed by atoms with E-state index < -0.39 is 33.4 Å². The van der Waals surface area contributed by atoms with E-state index in [4.69, 9.17) is 4.74 Å². The van der Waals surface area contributed by atoms with Gasteiger partial charge in [0, 0.05) is 24.2 Å². The number of methoxy groups -OCH3 is 1. The standard InChI is InChI=1S/C34H42N4O7S/c1-5-31(34(40)35-27-12-7-6-8-13-27)36(22-26-11-9-10-24(2)20-26)33(39)23-37(28-15-17-29(45-4)18-16-28)46(43,44)30-19-14-25(3)32(21-30)38(41)42/h9-11,14-21,27,31H,5-8,12-13,22-23H2,1-4H3,(H,35,40)/t31-/m0/s1. The molecule has 12 heteroatoms. The molecule has 0 heterocycles. The highest BCUT2D eigenvalue weighted by atomic mass is 32.2. The first kappa shape index (κ1) is 34.4. The lowest BCUT2D eigenvalue weighted by atomic mass is 9.95. The smallest absolute Gasteiger partial charge is 0.273 e. The van der Waals surface area contributed by atoms with E-state index in [1.165, 1.54) is 43.2 Å². The lowest BCUT2D eigenvalue weighted by Gasteiger charge is -2.34. The largest absolute Gasteiger partial charge is 0.497 e. The number of carbonyl (C=O) groups excluding carboxylic acids is 2. The molecule has 1 saturated carbocycles. The minimum Gasteiger partial charge on any atom is -0.497 e. The lowest BCUT2D eigenvalue weighted by molar-refractivity contribution is -0.385. The Balaban J connectivity index is 1.75. The molecule has 4 rings (SSSR count). The van der Waals surface area contributed by atoms with E-state index in [1.807, 2.05) is 38.1 Å². The van der Waals surface area contributed by atoms with Crippen molar-refractivity contribution in [2.75, 3.05) is 18.0 Å². The quantitative estimate of drug-likeness (QED) is 0.186. The Morgan fingerprint density at radius 3 is 2.33 bits per heavy atom. The predicted octanol–water partition coefficient (Wildman–Crippen LogP) is 5.67. The number of aryl methyl sites for hydroxylation is 2. The van der Waals surface area contributed by atoms with Gasteiger partial charge in [-0.3, -0.25) is 24.0 Å². The Morgan fingerprint density at radius 1 is 1.02 bits per heavy atom. The second-order valence-corrected chi connectivity index (χ2v) is 13.6. The number of ether oxygens (including phenoxy) is 1. The molecule has 0 radical (unpaired) electrons. The van der Waals surface area contributed by atoms with E-state index in [1.54, 1.807) is 12.1 Å². The van der Waals surface area contributed by atoms with Gasteiger partial charge in [0.15, 0.2) is 0 Å². The number of anilines is 1. The number of nitro groups is 1. The Hall–Kier alpha value is -4.45. The van der Waals surface area contributed by atoms with Crippen LogP contribution < -0.4 is 14.4 Å². The fourth-order valence-corrected chi connectivity index (χ4v) is 7.26.